The van der Waals surface area contributed by atoms with Crippen LogP contribution in [-0.4, -0.2) is 58.2 Å². The quantitative estimate of drug-likeness (QED) is 0.776. The first-order valence-electron chi connectivity index (χ1n) is 7.54. The molecular weight excluding hydrogens is 292 g/mol. The maximum atomic E-state index is 14.4. The molecule has 124 valence electrons. The average Bonchev–Trinajstić information content (AvgIpc) is 2.44. The summed E-state index contributed by atoms with van der Waals surface area (Å²) in [5.41, 5.74) is 0.506. The van der Waals surface area contributed by atoms with E-state index in [0.717, 1.165) is 0 Å². The van der Waals surface area contributed by atoms with Gasteiger partial charge in [-0.15, -0.1) is 0 Å². The van der Waals surface area contributed by atoms with Crippen molar-refractivity contribution in [1.82, 2.24) is 4.90 Å². The van der Waals surface area contributed by atoms with Crippen molar-refractivity contribution in [3.63, 3.8) is 0 Å². The van der Waals surface area contributed by atoms with Gasteiger partial charge in [0.2, 0.25) is 0 Å². The van der Waals surface area contributed by atoms with Crippen LogP contribution in [-0.2, 0) is 6.42 Å². The summed E-state index contributed by atoms with van der Waals surface area (Å²) in [7, 11) is 0. The molecule has 0 aliphatic carbocycles. The van der Waals surface area contributed by atoms with Gasteiger partial charge in [0.25, 0.3) is 0 Å². The van der Waals surface area contributed by atoms with E-state index in [0.29, 0.717) is 12.1 Å². The summed E-state index contributed by atoms with van der Waals surface area (Å²) >= 11 is 0. The highest BCUT2D eigenvalue weighted by Crippen LogP contribution is 2.24. The minimum absolute atomic E-state index is 0.0290. The summed E-state index contributed by atoms with van der Waals surface area (Å²) < 4.78 is 28.2. The van der Waals surface area contributed by atoms with Gasteiger partial charge in [-0.2, -0.15) is 0 Å². The van der Waals surface area contributed by atoms with Crippen molar-refractivity contribution < 1.29 is 24.1 Å². The third-order valence-electron chi connectivity index (χ3n) is 4.19. The molecular formula is C16H23F2NO3. The Hall–Kier alpha value is -1.08. The maximum absolute atomic E-state index is 14.4. The molecule has 1 aliphatic rings. The number of piperidine rings is 1. The molecule has 1 aromatic carbocycles. The molecule has 0 aromatic heterocycles. The molecule has 0 bridgehead atoms. The van der Waals surface area contributed by atoms with Gasteiger partial charge in [-0.25, -0.2) is 8.78 Å². The van der Waals surface area contributed by atoms with Crippen LogP contribution in [0.5, 0.6) is 0 Å². The highest BCUT2D eigenvalue weighted by molar-refractivity contribution is 5.30. The van der Waals surface area contributed by atoms with Crippen LogP contribution < -0.4 is 0 Å². The molecule has 2 unspecified atom stereocenters. The lowest BCUT2D eigenvalue weighted by atomic mass is 9.97. The second-order valence-corrected chi connectivity index (χ2v) is 6.22. The van der Waals surface area contributed by atoms with Gasteiger partial charge < -0.3 is 15.3 Å². The third-order valence-corrected chi connectivity index (χ3v) is 4.19. The number of aliphatic hydroxyl groups excluding tert-OH is 3. The predicted molar refractivity (Wildman–Crippen MR) is 78.6 cm³/mol. The summed E-state index contributed by atoms with van der Waals surface area (Å²) in [6, 6.07) is 2.74. The van der Waals surface area contributed by atoms with E-state index in [9.17, 15) is 24.1 Å². The van der Waals surface area contributed by atoms with Crippen molar-refractivity contribution in [3.05, 3.63) is 34.9 Å². The SMILES string of the molecule is CC(C)c1ccc(F)c(CCN2CC(O)C(O)C(O)C2)c1F. The fourth-order valence-corrected chi connectivity index (χ4v) is 2.82. The van der Waals surface area contributed by atoms with Gasteiger partial charge in [-0.05, 0) is 24.0 Å². The van der Waals surface area contributed by atoms with Crippen molar-refractivity contribution in [2.24, 2.45) is 0 Å². The largest absolute Gasteiger partial charge is 0.389 e. The number of likely N-dealkylation sites (tertiary alicyclic amines) is 1. The van der Waals surface area contributed by atoms with Crippen LogP contribution in [0.25, 0.3) is 0 Å². The van der Waals surface area contributed by atoms with Crippen LogP contribution in [0.2, 0.25) is 0 Å². The van der Waals surface area contributed by atoms with E-state index in [2.05, 4.69) is 0 Å². The number of nitrogens with zero attached hydrogens (tertiary/aromatic N) is 1. The Morgan fingerprint density at radius 2 is 1.73 bits per heavy atom. The number of rotatable bonds is 4. The summed E-state index contributed by atoms with van der Waals surface area (Å²) in [6.07, 6.45) is -3.14. The molecule has 2 rings (SSSR count). The second-order valence-electron chi connectivity index (χ2n) is 6.22. The molecule has 1 fully saturated rings. The third kappa shape index (κ3) is 3.63. The summed E-state index contributed by atoms with van der Waals surface area (Å²) in [5.74, 6) is -1.14. The van der Waals surface area contributed by atoms with Gasteiger partial charge in [0.1, 0.15) is 17.7 Å². The summed E-state index contributed by atoms with van der Waals surface area (Å²) in [4.78, 5) is 1.70. The number of halogens is 2. The van der Waals surface area contributed by atoms with E-state index in [1.165, 1.54) is 12.1 Å². The van der Waals surface area contributed by atoms with Gasteiger partial charge in [-0.3, -0.25) is 4.90 Å². The fraction of sp³-hybridized carbons (Fsp3) is 0.625. The van der Waals surface area contributed by atoms with Crippen LogP contribution in [0.15, 0.2) is 12.1 Å². The first-order chi connectivity index (χ1) is 10.3. The minimum Gasteiger partial charge on any atom is -0.389 e. The fourth-order valence-electron chi connectivity index (χ4n) is 2.82. The van der Waals surface area contributed by atoms with Gasteiger partial charge in [0.05, 0.1) is 12.2 Å². The highest BCUT2D eigenvalue weighted by Gasteiger charge is 2.33. The average molecular weight is 315 g/mol. The molecule has 0 saturated carbocycles. The molecule has 1 aliphatic heterocycles. The molecule has 6 heteroatoms. The van der Waals surface area contributed by atoms with Gasteiger partial charge in [-0.1, -0.05) is 19.9 Å². The molecule has 0 amide bonds. The smallest absolute Gasteiger partial charge is 0.132 e. The van der Waals surface area contributed by atoms with Gasteiger partial charge >= 0.3 is 0 Å². The van der Waals surface area contributed by atoms with E-state index in [1.54, 1.807) is 4.90 Å². The van der Waals surface area contributed by atoms with Gasteiger partial charge in [0.15, 0.2) is 0 Å². The van der Waals surface area contributed by atoms with Crippen LogP contribution in [0.4, 0.5) is 8.78 Å². The molecule has 22 heavy (non-hydrogen) atoms. The molecule has 3 N–H and O–H groups in total. The number of β-amino-alcohol motifs (C(OH)–C–C–N with tert-alkyl or cyclic N) is 2. The van der Waals surface area contributed by atoms with Gasteiger partial charge in [0, 0.05) is 25.2 Å². The first kappa shape index (κ1) is 17.3. The molecule has 1 saturated heterocycles. The topological polar surface area (TPSA) is 63.9 Å². The molecule has 4 nitrogen and oxygen atoms in total. The molecule has 0 radical (unpaired) electrons. The molecule has 1 heterocycles. The van der Waals surface area contributed by atoms with E-state index >= 15 is 0 Å². The highest BCUT2D eigenvalue weighted by atomic mass is 19.1. The number of benzene rings is 1. The number of aliphatic hydroxyl groups is 3. The van der Waals surface area contributed by atoms with E-state index in [-0.39, 0.29) is 31.0 Å². The summed E-state index contributed by atoms with van der Waals surface area (Å²) in [6.45, 7) is 4.34. The van der Waals surface area contributed by atoms with Crippen molar-refractivity contribution in [2.75, 3.05) is 19.6 Å². The minimum atomic E-state index is -1.17. The standard InChI is InChI=1S/C16H23F2NO3/c1-9(2)10-3-4-12(17)11(15(10)18)5-6-19-7-13(20)16(22)14(21)8-19/h3-4,9,13-14,16,20-22H,5-8H2,1-2H3. The Balaban J connectivity index is 2.07. The Labute approximate surface area is 129 Å². The Bertz CT molecular complexity index is 512. The number of hydrogen-bond acceptors (Lipinski definition) is 4. The zero-order valence-corrected chi connectivity index (χ0v) is 12.8. The summed E-state index contributed by atoms with van der Waals surface area (Å²) in [5, 5.41) is 28.8. The molecule has 1 aromatic rings. The van der Waals surface area contributed by atoms with E-state index < -0.39 is 29.9 Å². The second kappa shape index (κ2) is 7.00. The maximum Gasteiger partial charge on any atom is 0.132 e. The van der Waals surface area contributed by atoms with Crippen LogP contribution in [0.1, 0.15) is 30.9 Å². The normalized spacial score (nSPS) is 26.6. The van der Waals surface area contributed by atoms with Crippen LogP contribution in [0, 0.1) is 11.6 Å². The Morgan fingerprint density at radius 1 is 1.14 bits per heavy atom. The zero-order chi connectivity index (χ0) is 16.4. The van der Waals surface area contributed by atoms with Crippen molar-refractivity contribution in [2.45, 2.75) is 44.5 Å². The van der Waals surface area contributed by atoms with Crippen LogP contribution >= 0.6 is 0 Å². The lowest BCUT2D eigenvalue weighted by Gasteiger charge is -2.36. The Morgan fingerprint density at radius 3 is 2.27 bits per heavy atom. The van der Waals surface area contributed by atoms with Crippen molar-refractivity contribution in [1.29, 1.82) is 0 Å². The lowest BCUT2D eigenvalue weighted by Crippen LogP contribution is -2.55. The van der Waals surface area contributed by atoms with E-state index in [4.69, 9.17) is 0 Å². The van der Waals surface area contributed by atoms with E-state index in [1.807, 2.05) is 13.8 Å². The predicted octanol–water partition coefficient (Wildman–Crippen LogP) is 1.03. The first-order valence-corrected chi connectivity index (χ1v) is 7.54. The molecule has 2 atom stereocenters. The zero-order valence-electron chi connectivity index (χ0n) is 12.8. The van der Waals surface area contributed by atoms with Crippen LogP contribution in [0.3, 0.4) is 0 Å². The monoisotopic (exact) mass is 315 g/mol. The lowest BCUT2D eigenvalue weighted by molar-refractivity contribution is -0.109. The Kier molecular flexibility index (Phi) is 5.50. The number of hydrogen-bond donors (Lipinski definition) is 3. The van der Waals surface area contributed by atoms with Crippen molar-refractivity contribution in [3.8, 4) is 0 Å². The molecule has 0 spiro atoms. The van der Waals surface area contributed by atoms with Crippen molar-refractivity contribution >= 4 is 0 Å².